The van der Waals surface area contributed by atoms with E-state index in [4.69, 9.17) is 0 Å². The Morgan fingerprint density at radius 1 is 0.467 bits per heavy atom. The molecule has 0 heterocycles. The minimum Gasteiger partial charge on any atom is -0.507 e. The third kappa shape index (κ3) is 3.99. The number of carbonyl (C=O) groups is 6. The molecule has 12 heteroatoms. The summed E-state index contributed by atoms with van der Waals surface area (Å²) in [5.41, 5.74) is -4.51. The first-order valence-corrected chi connectivity index (χ1v) is 13.2. The number of carbonyl (C=O) groups excluding carboxylic acids is 6. The van der Waals surface area contributed by atoms with E-state index in [2.05, 4.69) is 0 Å². The highest BCUT2D eigenvalue weighted by molar-refractivity contribution is 6.33. The van der Waals surface area contributed by atoms with Crippen LogP contribution in [0.4, 0.5) is 0 Å². The second-order valence-corrected chi connectivity index (χ2v) is 10.8. The molecule has 12 nitrogen and oxygen atoms in total. The summed E-state index contributed by atoms with van der Waals surface area (Å²) in [6, 6.07) is 6.63. The maximum Gasteiger partial charge on any atom is 0.201 e. The van der Waals surface area contributed by atoms with Crippen LogP contribution in [0.2, 0.25) is 0 Å². The van der Waals surface area contributed by atoms with Gasteiger partial charge in [-0.15, -0.1) is 0 Å². The van der Waals surface area contributed by atoms with Crippen molar-refractivity contribution in [3.05, 3.63) is 103 Å². The SMILES string of the molecule is Cc1cc(O)c2c(c1)C(=O)c1cc(O)c(C(=O)CC(=O)c3c(O)cc4c(c3O)C(=O)c3c(O)cc(C)cc3C4=O)c(O)c1C2=O. The number of phenols is 6. The van der Waals surface area contributed by atoms with Crippen molar-refractivity contribution in [3.63, 3.8) is 0 Å². The van der Waals surface area contributed by atoms with Crippen LogP contribution >= 0.6 is 0 Å². The molecule has 0 unspecified atom stereocenters. The molecule has 4 aromatic carbocycles. The fourth-order valence-electron chi connectivity index (χ4n) is 5.91. The quantitative estimate of drug-likeness (QED) is 0.125. The number of benzene rings is 4. The lowest BCUT2D eigenvalue weighted by atomic mass is 9.80. The minimum atomic E-state index is -1.31. The number of aromatic hydroxyl groups is 6. The normalized spacial score (nSPS) is 13.2. The van der Waals surface area contributed by atoms with E-state index in [1.807, 2.05) is 0 Å². The van der Waals surface area contributed by atoms with Gasteiger partial charge in [-0.3, -0.25) is 28.8 Å². The summed E-state index contributed by atoms with van der Waals surface area (Å²) in [6.07, 6.45) is -1.24. The van der Waals surface area contributed by atoms with Gasteiger partial charge in [-0.2, -0.15) is 0 Å². The Hall–Kier alpha value is -6.30. The van der Waals surface area contributed by atoms with Crippen LogP contribution in [0.25, 0.3) is 0 Å². The van der Waals surface area contributed by atoms with E-state index < -0.39 is 120 Å². The molecule has 6 rings (SSSR count). The molecule has 4 aromatic rings. The van der Waals surface area contributed by atoms with Crippen molar-refractivity contribution in [3.8, 4) is 34.5 Å². The summed E-state index contributed by atoms with van der Waals surface area (Å²) in [6.45, 7) is 3.13. The van der Waals surface area contributed by atoms with Crippen molar-refractivity contribution in [2.75, 3.05) is 0 Å². The summed E-state index contributed by atoms with van der Waals surface area (Å²) < 4.78 is 0. The molecule has 0 saturated heterocycles. The third-order valence-electron chi connectivity index (χ3n) is 7.85. The Balaban J connectivity index is 1.40. The van der Waals surface area contributed by atoms with E-state index in [-0.39, 0.29) is 11.1 Å². The van der Waals surface area contributed by atoms with Crippen LogP contribution in [0.15, 0.2) is 36.4 Å². The lowest BCUT2D eigenvalue weighted by molar-refractivity contribution is 0.0886. The topological polar surface area (TPSA) is 224 Å². The second-order valence-electron chi connectivity index (χ2n) is 10.8. The summed E-state index contributed by atoms with van der Waals surface area (Å²) >= 11 is 0. The molecule has 6 N–H and O–H groups in total. The molecule has 0 bridgehead atoms. The van der Waals surface area contributed by atoms with Crippen molar-refractivity contribution in [2.45, 2.75) is 20.3 Å². The molecule has 224 valence electrons. The van der Waals surface area contributed by atoms with Gasteiger partial charge < -0.3 is 30.6 Å². The lowest BCUT2D eigenvalue weighted by Crippen LogP contribution is -2.23. The number of Topliss-reactive ketones (excluding diaryl/α,β-unsaturated/α-hetero) is 2. The van der Waals surface area contributed by atoms with Gasteiger partial charge in [0.15, 0.2) is 23.1 Å². The van der Waals surface area contributed by atoms with Gasteiger partial charge in [0, 0.05) is 22.3 Å². The van der Waals surface area contributed by atoms with Gasteiger partial charge >= 0.3 is 0 Å². The Kier molecular flexibility index (Phi) is 6.15. The molecular formula is C33H20O12. The van der Waals surface area contributed by atoms with Gasteiger partial charge in [-0.1, -0.05) is 0 Å². The molecule has 0 spiro atoms. The molecule has 0 atom stereocenters. The highest BCUT2D eigenvalue weighted by Crippen LogP contribution is 2.44. The first-order valence-electron chi connectivity index (χ1n) is 13.2. The number of hydrogen-bond donors (Lipinski definition) is 6. The number of hydrogen-bond acceptors (Lipinski definition) is 12. The largest absolute Gasteiger partial charge is 0.507 e. The van der Waals surface area contributed by atoms with Crippen molar-refractivity contribution >= 4 is 34.7 Å². The molecular weight excluding hydrogens is 588 g/mol. The van der Waals surface area contributed by atoms with Crippen LogP contribution in [0.3, 0.4) is 0 Å². The monoisotopic (exact) mass is 608 g/mol. The summed E-state index contributed by atoms with van der Waals surface area (Å²) in [4.78, 5) is 79.3. The van der Waals surface area contributed by atoms with Gasteiger partial charge in [0.25, 0.3) is 0 Å². The van der Waals surface area contributed by atoms with Gasteiger partial charge in [0.2, 0.25) is 11.6 Å². The average molecular weight is 609 g/mol. The molecule has 45 heavy (non-hydrogen) atoms. The van der Waals surface area contributed by atoms with E-state index >= 15 is 0 Å². The van der Waals surface area contributed by atoms with Crippen LogP contribution in [0.5, 0.6) is 34.5 Å². The molecule has 0 aromatic heterocycles. The predicted molar refractivity (Wildman–Crippen MR) is 152 cm³/mol. The van der Waals surface area contributed by atoms with Gasteiger partial charge in [-0.05, 0) is 61.4 Å². The lowest BCUT2D eigenvalue weighted by Gasteiger charge is -2.22. The highest BCUT2D eigenvalue weighted by atomic mass is 16.3. The maximum atomic E-state index is 13.3. The summed E-state index contributed by atoms with van der Waals surface area (Å²) in [7, 11) is 0. The van der Waals surface area contributed by atoms with Crippen LogP contribution in [0.1, 0.15) is 102 Å². The first kappa shape index (κ1) is 28.8. The number of ketones is 6. The van der Waals surface area contributed by atoms with Crippen LogP contribution in [-0.2, 0) is 0 Å². The third-order valence-corrected chi connectivity index (χ3v) is 7.85. The zero-order chi connectivity index (χ0) is 32.8. The number of fused-ring (bicyclic) bond motifs is 4. The number of phenolic OH excluding ortho intramolecular Hbond substituents is 6. The average Bonchev–Trinajstić information content (AvgIpc) is 2.93. The van der Waals surface area contributed by atoms with Gasteiger partial charge in [0.1, 0.15) is 45.6 Å². The van der Waals surface area contributed by atoms with Crippen LogP contribution < -0.4 is 0 Å². The van der Waals surface area contributed by atoms with Crippen LogP contribution in [-0.4, -0.2) is 65.3 Å². The molecule has 0 saturated carbocycles. The van der Waals surface area contributed by atoms with Gasteiger partial charge in [-0.25, -0.2) is 0 Å². The minimum absolute atomic E-state index is 0.185. The highest BCUT2D eigenvalue weighted by Gasteiger charge is 2.40. The maximum absolute atomic E-state index is 13.3. The molecule has 2 aliphatic rings. The van der Waals surface area contributed by atoms with E-state index in [0.717, 1.165) is 12.1 Å². The fraction of sp³-hybridized carbons (Fsp3) is 0.0909. The molecule has 0 amide bonds. The van der Waals surface area contributed by atoms with E-state index in [1.165, 1.54) is 24.3 Å². The Bertz CT molecular complexity index is 2020. The van der Waals surface area contributed by atoms with Crippen LogP contribution in [0, 0.1) is 13.8 Å². The predicted octanol–water partition coefficient (Wildman–Crippen LogP) is 3.54. The second kappa shape index (κ2) is 9.61. The first-order chi connectivity index (χ1) is 21.1. The number of rotatable bonds is 4. The smallest absolute Gasteiger partial charge is 0.201 e. The van der Waals surface area contributed by atoms with E-state index in [1.54, 1.807) is 13.8 Å². The Morgan fingerprint density at radius 2 is 0.800 bits per heavy atom. The molecule has 2 aliphatic carbocycles. The van der Waals surface area contributed by atoms with Crippen molar-refractivity contribution in [1.29, 1.82) is 0 Å². The standard InChI is InChI=1S/C33H20O12/c1-10-3-12-22(16(34)5-10)30(42)24-14(28(12)40)7-18(36)26(32(24)44)20(38)9-21(39)27-19(37)8-15-25(33(27)45)31(43)23-13(29(15)41)4-11(2)6-17(23)35/h3-8,34-37,44-45H,9H2,1-2H3. The summed E-state index contributed by atoms with van der Waals surface area (Å²) in [5.74, 6) is -11.7. The van der Waals surface area contributed by atoms with Crippen molar-refractivity contribution in [2.24, 2.45) is 0 Å². The zero-order valence-corrected chi connectivity index (χ0v) is 23.3. The molecule has 0 radical (unpaired) electrons. The fourth-order valence-corrected chi connectivity index (χ4v) is 5.91. The Morgan fingerprint density at radius 3 is 1.16 bits per heavy atom. The molecule has 0 aliphatic heterocycles. The van der Waals surface area contributed by atoms with Crippen molar-refractivity contribution < 1.29 is 59.4 Å². The molecule has 0 fully saturated rings. The van der Waals surface area contributed by atoms with Crippen molar-refractivity contribution in [1.82, 2.24) is 0 Å². The summed E-state index contributed by atoms with van der Waals surface area (Å²) in [5, 5.41) is 63.8. The van der Waals surface area contributed by atoms with E-state index in [9.17, 15) is 59.4 Å². The Labute approximate surface area is 252 Å². The van der Waals surface area contributed by atoms with Gasteiger partial charge in [0.05, 0.1) is 28.7 Å². The zero-order valence-electron chi connectivity index (χ0n) is 23.3. The number of aryl methyl sites for hydroxylation is 2. The van der Waals surface area contributed by atoms with E-state index in [0.29, 0.717) is 11.1 Å².